The molecule has 0 aromatic heterocycles. The number of aromatic hydroxyl groups is 1. The third-order valence-corrected chi connectivity index (χ3v) is 7.70. The molecule has 4 nitrogen and oxygen atoms in total. The maximum Gasteiger partial charge on any atom is 0.261 e. The van der Waals surface area contributed by atoms with Crippen LogP contribution >= 0.6 is 15.9 Å². The molecule has 2 N–H and O–H groups in total. The Balaban J connectivity index is 2.07. The average molecular weight is 545 g/mol. The third kappa shape index (κ3) is 6.02. The van der Waals surface area contributed by atoms with Gasteiger partial charge >= 0.3 is 0 Å². The van der Waals surface area contributed by atoms with Gasteiger partial charge < -0.3 is 5.11 Å². The van der Waals surface area contributed by atoms with E-state index in [9.17, 15) is 13.5 Å². The molecule has 3 aromatic rings. The monoisotopic (exact) mass is 543 g/mol. The molecular weight excluding hydrogens is 510 g/mol. The normalized spacial score (nSPS) is 12.6. The molecule has 3 rings (SSSR count). The van der Waals surface area contributed by atoms with Crippen LogP contribution in [0.15, 0.2) is 64.0 Å². The molecular formula is C28H34BrNO3S. The molecule has 0 atom stereocenters. The maximum absolute atomic E-state index is 13.1. The van der Waals surface area contributed by atoms with E-state index >= 15 is 0 Å². The zero-order valence-electron chi connectivity index (χ0n) is 21.0. The van der Waals surface area contributed by atoms with E-state index in [2.05, 4.69) is 62.2 Å². The minimum absolute atomic E-state index is 0.224. The average Bonchev–Trinajstić information content (AvgIpc) is 2.69. The van der Waals surface area contributed by atoms with E-state index in [4.69, 9.17) is 0 Å². The molecule has 0 unspecified atom stereocenters. The predicted octanol–water partition coefficient (Wildman–Crippen LogP) is 7.45. The van der Waals surface area contributed by atoms with Crippen molar-refractivity contribution >= 4 is 31.6 Å². The lowest BCUT2D eigenvalue weighted by atomic mass is 9.78. The number of hydrogen-bond donors (Lipinski definition) is 2. The summed E-state index contributed by atoms with van der Waals surface area (Å²) in [5, 5.41) is 11.0. The largest absolute Gasteiger partial charge is 0.507 e. The lowest BCUT2D eigenvalue weighted by Gasteiger charge is -2.28. The molecule has 0 aliphatic carbocycles. The summed E-state index contributed by atoms with van der Waals surface area (Å²) in [7, 11) is -3.73. The van der Waals surface area contributed by atoms with Crippen molar-refractivity contribution < 1.29 is 13.5 Å². The SMILES string of the molecule is Cc1ccc(S(=O)(=O)Nc2ccc(Br)cc2Cc2cc(C(C)(C)C)c(O)c(C(C)(C)C)c2)cc1. The van der Waals surface area contributed by atoms with E-state index in [1.54, 1.807) is 30.3 Å². The van der Waals surface area contributed by atoms with E-state index in [0.29, 0.717) is 17.9 Å². The molecule has 0 heterocycles. The van der Waals surface area contributed by atoms with Crippen molar-refractivity contribution in [1.29, 1.82) is 0 Å². The van der Waals surface area contributed by atoms with Gasteiger partial charge in [-0.05, 0) is 76.8 Å². The highest BCUT2D eigenvalue weighted by molar-refractivity contribution is 9.10. The number of phenols is 1. The summed E-state index contributed by atoms with van der Waals surface area (Å²) in [6.45, 7) is 14.4. The first-order valence-electron chi connectivity index (χ1n) is 11.3. The van der Waals surface area contributed by atoms with Gasteiger partial charge in [-0.25, -0.2) is 8.42 Å². The van der Waals surface area contributed by atoms with Gasteiger partial charge in [-0.1, -0.05) is 87.3 Å². The number of phenolic OH excluding ortho intramolecular Hbond substituents is 1. The second kappa shape index (κ2) is 9.38. The Morgan fingerprint density at radius 3 is 1.88 bits per heavy atom. The van der Waals surface area contributed by atoms with E-state index < -0.39 is 10.0 Å². The molecule has 0 radical (unpaired) electrons. The summed E-state index contributed by atoms with van der Waals surface area (Å²) < 4.78 is 29.8. The summed E-state index contributed by atoms with van der Waals surface area (Å²) in [5.41, 5.74) is 4.67. The van der Waals surface area contributed by atoms with Gasteiger partial charge in [0.05, 0.1) is 10.6 Å². The van der Waals surface area contributed by atoms with Gasteiger partial charge in [-0.3, -0.25) is 4.72 Å². The molecule has 182 valence electrons. The molecule has 0 bridgehead atoms. The topological polar surface area (TPSA) is 66.4 Å². The van der Waals surface area contributed by atoms with E-state index in [-0.39, 0.29) is 15.7 Å². The van der Waals surface area contributed by atoms with E-state index in [1.165, 1.54) is 0 Å². The molecule has 0 aliphatic rings. The van der Waals surface area contributed by atoms with Gasteiger partial charge in [0, 0.05) is 4.47 Å². The number of aryl methyl sites for hydroxylation is 1. The van der Waals surface area contributed by atoms with Crippen molar-refractivity contribution in [3.05, 3.63) is 86.9 Å². The van der Waals surface area contributed by atoms with Crippen molar-refractivity contribution in [1.82, 2.24) is 0 Å². The second-order valence-corrected chi connectivity index (χ2v) is 13.5. The Morgan fingerprint density at radius 1 is 0.853 bits per heavy atom. The van der Waals surface area contributed by atoms with Gasteiger partial charge in [0.1, 0.15) is 5.75 Å². The number of halogens is 1. The van der Waals surface area contributed by atoms with Gasteiger partial charge in [0.25, 0.3) is 10.0 Å². The fourth-order valence-corrected chi connectivity index (χ4v) is 5.40. The quantitative estimate of drug-likeness (QED) is 0.351. The number of benzene rings is 3. The Labute approximate surface area is 212 Å². The molecule has 0 amide bonds. The first-order valence-corrected chi connectivity index (χ1v) is 13.6. The van der Waals surface area contributed by atoms with Crippen LogP contribution in [0.1, 0.15) is 69.4 Å². The summed E-state index contributed by atoms with van der Waals surface area (Å²) >= 11 is 3.53. The van der Waals surface area contributed by atoms with Gasteiger partial charge in [-0.2, -0.15) is 0 Å². The van der Waals surface area contributed by atoms with Crippen LogP contribution in [0.5, 0.6) is 5.75 Å². The molecule has 34 heavy (non-hydrogen) atoms. The number of rotatable bonds is 5. The minimum atomic E-state index is -3.73. The highest BCUT2D eigenvalue weighted by atomic mass is 79.9. The van der Waals surface area contributed by atoms with Crippen LogP contribution < -0.4 is 4.72 Å². The summed E-state index contributed by atoms with van der Waals surface area (Å²) in [5.74, 6) is 0.332. The van der Waals surface area contributed by atoms with Crippen LogP contribution in [0, 0.1) is 6.92 Å². The van der Waals surface area contributed by atoms with Crippen molar-refractivity contribution in [3.63, 3.8) is 0 Å². The summed E-state index contributed by atoms with van der Waals surface area (Å²) in [4.78, 5) is 0.224. The van der Waals surface area contributed by atoms with Crippen LogP contribution in [-0.2, 0) is 27.3 Å². The first kappa shape index (κ1) is 26.3. The molecule has 0 spiro atoms. The highest BCUT2D eigenvalue weighted by Gasteiger charge is 2.27. The molecule has 0 aliphatic heterocycles. The number of sulfonamides is 1. The Kier molecular flexibility index (Phi) is 7.26. The van der Waals surface area contributed by atoms with Crippen molar-refractivity contribution in [2.45, 2.75) is 70.6 Å². The van der Waals surface area contributed by atoms with E-state index in [0.717, 1.165) is 32.3 Å². The van der Waals surface area contributed by atoms with Crippen LogP contribution in [0.25, 0.3) is 0 Å². The van der Waals surface area contributed by atoms with Crippen molar-refractivity contribution in [2.75, 3.05) is 4.72 Å². The Hall–Kier alpha value is -2.31. The zero-order valence-corrected chi connectivity index (χ0v) is 23.4. The van der Waals surface area contributed by atoms with Crippen LogP contribution in [0.3, 0.4) is 0 Å². The highest BCUT2D eigenvalue weighted by Crippen LogP contribution is 2.40. The molecule has 0 fully saturated rings. The van der Waals surface area contributed by atoms with Crippen LogP contribution in [0.2, 0.25) is 0 Å². The zero-order chi connectivity index (χ0) is 25.5. The number of anilines is 1. The first-order chi connectivity index (χ1) is 15.6. The Morgan fingerprint density at radius 2 is 1.38 bits per heavy atom. The molecule has 3 aromatic carbocycles. The summed E-state index contributed by atoms with van der Waals surface area (Å²) in [6.07, 6.45) is 0.512. The van der Waals surface area contributed by atoms with E-state index in [1.807, 2.05) is 31.2 Å². The lowest BCUT2D eigenvalue weighted by Crippen LogP contribution is -2.18. The van der Waals surface area contributed by atoms with Crippen molar-refractivity contribution in [2.24, 2.45) is 0 Å². The van der Waals surface area contributed by atoms with Gasteiger partial charge in [-0.15, -0.1) is 0 Å². The summed E-state index contributed by atoms with van der Waals surface area (Å²) in [6, 6.07) is 16.4. The molecule has 0 saturated heterocycles. The smallest absolute Gasteiger partial charge is 0.261 e. The van der Waals surface area contributed by atoms with Gasteiger partial charge in [0.15, 0.2) is 0 Å². The second-order valence-electron chi connectivity index (χ2n) is 10.9. The maximum atomic E-state index is 13.1. The Bertz CT molecular complexity index is 1260. The van der Waals surface area contributed by atoms with Crippen molar-refractivity contribution in [3.8, 4) is 5.75 Å². The van der Waals surface area contributed by atoms with Crippen LogP contribution in [0.4, 0.5) is 5.69 Å². The van der Waals surface area contributed by atoms with Crippen LogP contribution in [-0.4, -0.2) is 13.5 Å². The fourth-order valence-electron chi connectivity index (χ4n) is 3.89. The molecule has 6 heteroatoms. The number of nitrogens with one attached hydrogen (secondary N) is 1. The van der Waals surface area contributed by atoms with Gasteiger partial charge in [0.2, 0.25) is 0 Å². The predicted molar refractivity (Wildman–Crippen MR) is 144 cm³/mol. The lowest BCUT2D eigenvalue weighted by molar-refractivity contribution is 0.423. The minimum Gasteiger partial charge on any atom is -0.507 e. The fraction of sp³-hybridized carbons (Fsp3) is 0.357. The standard InChI is InChI=1S/C28H34BrNO3S/c1-18-8-11-22(12-9-18)34(32,33)30-25-13-10-21(29)17-20(25)14-19-15-23(27(2,3)4)26(31)24(16-19)28(5,6)7/h8-13,15-17,30-31H,14H2,1-7H3. The number of hydrogen-bond acceptors (Lipinski definition) is 3. The molecule has 0 saturated carbocycles. The third-order valence-electron chi connectivity index (χ3n) is 5.82.